The van der Waals surface area contributed by atoms with Crippen molar-refractivity contribution in [3.63, 3.8) is 0 Å². The average molecular weight is 382 g/mol. The molecule has 1 aromatic carbocycles. The van der Waals surface area contributed by atoms with Crippen molar-refractivity contribution in [3.05, 3.63) is 46.7 Å². The van der Waals surface area contributed by atoms with E-state index in [0.29, 0.717) is 41.1 Å². The monoisotopic (exact) mass is 381 g/mol. The number of furan rings is 1. The molecule has 25 heavy (non-hydrogen) atoms. The fourth-order valence-electron chi connectivity index (χ4n) is 2.81. The Morgan fingerprint density at radius 3 is 2.60 bits per heavy atom. The van der Waals surface area contributed by atoms with Crippen LogP contribution in [0.5, 0.6) is 0 Å². The zero-order valence-electron chi connectivity index (χ0n) is 13.8. The largest absolute Gasteiger partial charge is 0.454 e. The molecule has 3 aromatic rings. The number of rotatable bonds is 3. The van der Waals surface area contributed by atoms with Gasteiger partial charge in [-0.05, 0) is 18.2 Å². The highest BCUT2D eigenvalue weighted by atomic mass is 35.5. The lowest BCUT2D eigenvalue weighted by Crippen LogP contribution is -2.47. The second kappa shape index (κ2) is 5.99. The van der Waals surface area contributed by atoms with Crippen LogP contribution in [0, 0.1) is 5.41 Å². The van der Waals surface area contributed by atoms with E-state index in [1.54, 1.807) is 23.1 Å². The molecule has 6 nitrogen and oxygen atoms in total. The smallest absolute Gasteiger partial charge is 0.248 e. The summed E-state index contributed by atoms with van der Waals surface area (Å²) in [5, 5.41) is 5.94. The topological polar surface area (TPSA) is 62.3 Å². The summed E-state index contributed by atoms with van der Waals surface area (Å²) in [6, 6.07) is 5.29. The average Bonchev–Trinajstić information content (AvgIpc) is 3.19. The van der Waals surface area contributed by atoms with Gasteiger partial charge in [0.2, 0.25) is 5.79 Å². The normalized spacial score (nSPS) is 19.4. The van der Waals surface area contributed by atoms with Gasteiger partial charge >= 0.3 is 0 Å². The molecule has 0 bridgehead atoms. The maximum Gasteiger partial charge on any atom is 0.248 e. The van der Waals surface area contributed by atoms with Gasteiger partial charge in [-0.2, -0.15) is 5.10 Å². The maximum atomic E-state index is 6.26. The third kappa shape index (κ3) is 3.15. The minimum atomic E-state index is -1.10. The second-order valence-corrected chi connectivity index (χ2v) is 7.85. The van der Waals surface area contributed by atoms with Gasteiger partial charge in [-0.25, -0.2) is 9.67 Å². The molecule has 0 amide bonds. The van der Waals surface area contributed by atoms with Crippen LogP contribution in [-0.4, -0.2) is 28.0 Å². The Bertz CT molecular complexity index is 895. The lowest BCUT2D eigenvalue weighted by Gasteiger charge is -2.41. The first-order valence-corrected chi connectivity index (χ1v) is 8.62. The van der Waals surface area contributed by atoms with Gasteiger partial charge in [-0.3, -0.25) is 0 Å². The van der Waals surface area contributed by atoms with Crippen molar-refractivity contribution < 1.29 is 13.9 Å². The molecule has 1 saturated heterocycles. The summed E-state index contributed by atoms with van der Waals surface area (Å²) in [4.78, 5) is 3.98. The number of aromatic nitrogens is 3. The zero-order valence-corrected chi connectivity index (χ0v) is 15.3. The predicted molar refractivity (Wildman–Crippen MR) is 93.6 cm³/mol. The third-order valence-corrected chi connectivity index (χ3v) is 4.64. The van der Waals surface area contributed by atoms with Crippen LogP contribution in [0.15, 0.2) is 35.3 Å². The van der Waals surface area contributed by atoms with E-state index in [2.05, 4.69) is 23.9 Å². The number of hydrogen-bond donors (Lipinski definition) is 0. The van der Waals surface area contributed by atoms with E-state index >= 15 is 0 Å². The van der Waals surface area contributed by atoms with Gasteiger partial charge in [0.15, 0.2) is 11.3 Å². The number of fused-ring (bicyclic) bond motifs is 1. The molecule has 0 N–H and O–H groups in total. The van der Waals surface area contributed by atoms with Crippen molar-refractivity contribution in [2.75, 3.05) is 13.2 Å². The Hall–Kier alpha value is -1.60. The summed E-state index contributed by atoms with van der Waals surface area (Å²) >= 11 is 12.4. The van der Waals surface area contributed by atoms with Crippen molar-refractivity contribution in [3.8, 4) is 0 Å². The summed E-state index contributed by atoms with van der Waals surface area (Å²) in [6.45, 7) is 5.53. The van der Waals surface area contributed by atoms with Crippen molar-refractivity contribution in [1.29, 1.82) is 0 Å². The molecule has 0 unspecified atom stereocenters. The van der Waals surface area contributed by atoms with Crippen LogP contribution in [0.1, 0.15) is 19.6 Å². The molecule has 0 aliphatic carbocycles. The van der Waals surface area contributed by atoms with E-state index in [1.165, 1.54) is 6.33 Å². The van der Waals surface area contributed by atoms with Gasteiger partial charge in [-0.15, -0.1) is 0 Å². The minimum Gasteiger partial charge on any atom is -0.454 e. The lowest BCUT2D eigenvalue weighted by atomic mass is 9.94. The first kappa shape index (κ1) is 16.8. The van der Waals surface area contributed by atoms with E-state index in [1.807, 2.05) is 6.07 Å². The standard InChI is InChI=1S/C17H17Cl2N3O3/c1-16(2)7-23-17(24-8-16,6-22-10-20-9-21-22)14-4-11-3-12(18)5-13(19)15(11)25-14/h3-5,9-10H,6-8H2,1-2H3. The Kier molecular flexibility index (Phi) is 4.03. The molecule has 1 aliphatic rings. The van der Waals surface area contributed by atoms with E-state index in [4.69, 9.17) is 37.1 Å². The summed E-state index contributed by atoms with van der Waals surface area (Å²) in [7, 11) is 0. The van der Waals surface area contributed by atoms with Crippen LogP contribution in [-0.2, 0) is 21.8 Å². The second-order valence-electron chi connectivity index (χ2n) is 7.00. The number of halogens is 2. The lowest BCUT2D eigenvalue weighted by molar-refractivity contribution is -0.321. The van der Waals surface area contributed by atoms with Gasteiger partial charge in [0.25, 0.3) is 0 Å². The third-order valence-electron chi connectivity index (χ3n) is 4.14. The predicted octanol–water partition coefficient (Wildman–Crippen LogP) is 4.26. The highest BCUT2D eigenvalue weighted by molar-refractivity contribution is 6.38. The van der Waals surface area contributed by atoms with Crippen molar-refractivity contribution in [2.24, 2.45) is 5.41 Å². The first-order chi connectivity index (χ1) is 11.9. The van der Waals surface area contributed by atoms with E-state index in [-0.39, 0.29) is 5.41 Å². The van der Waals surface area contributed by atoms with Crippen LogP contribution in [0.3, 0.4) is 0 Å². The number of benzene rings is 1. The van der Waals surface area contributed by atoms with Crippen molar-refractivity contribution >= 4 is 34.2 Å². The summed E-state index contributed by atoms with van der Waals surface area (Å²) < 4.78 is 20.0. The molecule has 8 heteroatoms. The molecule has 0 atom stereocenters. The van der Waals surface area contributed by atoms with E-state index in [9.17, 15) is 0 Å². The molecule has 1 aliphatic heterocycles. The van der Waals surface area contributed by atoms with Crippen LogP contribution in [0.25, 0.3) is 11.0 Å². The highest BCUT2D eigenvalue weighted by Gasteiger charge is 2.45. The Balaban J connectivity index is 1.79. The van der Waals surface area contributed by atoms with Crippen LogP contribution < -0.4 is 0 Å². The number of hydrogen-bond acceptors (Lipinski definition) is 5. The summed E-state index contributed by atoms with van der Waals surface area (Å²) in [6.07, 6.45) is 3.08. The molecular formula is C17H17Cl2N3O3. The van der Waals surface area contributed by atoms with Gasteiger partial charge in [0.05, 0.1) is 18.2 Å². The van der Waals surface area contributed by atoms with Crippen LogP contribution in [0.2, 0.25) is 10.0 Å². The number of ether oxygens (including phenoxy) is 2. The fourth-order valence-corrected chi connectivity index (χ4v) is 3.36. The van der Waals surface area contributed by atoms with E-state index in [0.717, 1.165) is 5.39 Å². The van der Waals surface area contributed by atoms with E-state index < -0.39 is 5.79 Å². The Morgan fingerprint density at radius 2 is 1.92 bits per heavy atom. The van der Waals surface area contributed by atoms with Crippen molar-refractivity contribution in [1.82, 2.24) is 14.8 Å². The molecule has 0 saturated carbocycles. The summed E-state index contributed by atoms with van der Waals surface area (Å²) in [5.74, 6) is -0.574. The maximum absolute atomic E-state index is 6.26. The zero-order chi connectivity index (χ0) is 17.7. The van der Waals surface area contributed by atoms with Crippen molar-refractivity contribution in [2.45, 2.75) is 26.2 Å². The van der Waals surface area contributed by atoms with Gasteiger partial charge in [0.1, 0.15) is 19.2 Å². The van der Waals surface area contributed by atoms with Gasteiger partial charge in [0, 0.05) is 15.8 Å². The number of nitrogens with zero attached hydrogens (tertiary/aromatic N) is 3. The molecule has 0 radical (unpaired) electrons. The molecule has 4 rings (SSSR count). The minimum absolute atomic E-state index is 0.0845. The molecule has 3 heterocycles. The van der Waals surface area contributed by atoms with Gasteiger partial charge in [-0.1, -0.05) is 37.0 Å². The van der Waals surface area contributed by atoms with Gasteiger partial charge < -0.3 is 13.9 Å². The Morgan fingerprint density at radius 1 is 1.16 bits per heavy atom. The molecule has 2 aromatic heterocycles. The van der Waals surface area contributed by atoms with Crippen LogP contribution in [0.4, 0.5) is 0 Å². The first-order valence-electron chi connectivity index (χ1n) is 7.86. The summed E-state index contributed by atoms with van der Waals surface area (Å²) in [5.41, 5.74) is 0.467. The highest BCUT2D eigenvalue weighted by Crippen LogP contribution is 2.41. The molecular weight excluding hydrogens is 365 g/mol. The molecule has 1 fully saturated rings. The molecule has 132 valence electrons. The quantitative estimate of drug-likeness (QED) is 0.678. The van der Waals surface area contributed by atoms with Crippen LogP contribution >= 0.6 is 23.2 Å². The fraction of sp³-hybridized carbons (Fsp3) is 0.412. The SMILES string of the molecule is CC1(C)COC(Cn2cncn2)(c2cc3cc(Cl)cc(Cl)c3o2)OC1. The molecule has 0 spiro atoms. The Labute approximate surface area is 154 Å².